The lowest BCUT2D eigenvalue weighted by Crippen LogP contribution is -2.34. The summed E-state index contributed by atoms with van der Waals surface area (Å²) in [5, 5.41) is 2.94. The van der Waals surface area contributed by atoms with Crippen molar-refractivity contribution < 1.29 is 19.1 Å². The number of pyridine rings is 1. The van der Waals surface area contributed by atoms with Crippen LogP contribution in [-0.2, 0) is 17.9 Å². The van der Waals surface area contributed by atoms with E-state index in [0.717, 1.165) is 16.7 Å². The van der Waals surface area contributed by atoms with E-state index in [1.165, 1.54) is 0 Å². The third-order valence-electron chi connectivity index (χ3n) is 5.61. The van der Waals surface area contributed by atoms with Gasteiger partial charge in [0.25, 0.3) is 5.91 Å². The van der Waals surface area contributed by atoms with Gasteiger partial charge in [-0.15, -0.1) is 0 Å². The van der Waals surface area contributed by atoms with Crippen LogP contribution in [0.4, 0.5) is 0 Å². The SMILES string of the molecule is COc1ccc([C@@H](CC(=O)NCc2cccnc2)N2Cc3ccccc3C2=O)cc1OC. The first kappa shape index (κ1) is 21.4. The summed E-state index contributed by atoms with van der Waals surface area (Å²) in [6.07, 6.45) is 3.53. The molecule has 0 radical (unpaired) electrons. The fraction of sp³-hybridized carbons (Fsp3) is 0.240. The molecule has 0 unspecified atom stereocenters. The number of carbonyl (C=O) groups is 2. The highest BCUT2D eigenvalue weighted by atomic mass is 16.5. The van der Waals surface area contributed by atoms with Gasteiger partial charge >= 0.3 is 0 Å². The minimum Gasteiger partial charge on any atom is -0.493 e. The van der Waals surface area contributed by atoms with Crippen LogP contribution in [0.3, 0.4) is 0 Å². The number of amides is 2. The van der Waals surface area contributed by atoms with Crippen LogP contribution < -0.4 is 14.8 Å². The Morgan fingerprint density at radius 1 is 1.09 bits per heavy atom. The summed E-state index contributed by atoms with van der Waals surface area (Å²) in [5.74, 6) is 0.903. The van der Waals surface area contributed by atoms with Crippen LogP contribution in [0.5, 0.6) is 11.5 Å². The number of aromatic nitrogens is 1. The number of fused-ring (bicyclic) bond motifs is 1. The van der Waals surface area contributed by atoms with Gasteiger partial charge in [0, 0.05) is 31.0 Å². The maximum absolute atomic E-state index is 13.2. The van der Waals surface area contributed by atoms with Crippen molar-refractivity contribution in [2.45, 2.75) is 25.6 Å². The van der Waals surface area contributed by atoms with Gasteiger partial charge in [0.2, 0.25) is 5.91 Å². The zero-order valence-corrected chi connectivity index (χ0v) is 18.1. The molecule has 3 aromatic rings. The highest BCUT2D eigenvalue weighted by Gasteiger charge is 2.34. The quantitative estimate of drug-likeness (QED) is 0.590. The van der Waals surface area contributed by atoms with Crippen LogP contribution in [0.1, 0.15) is 39.5 Å². The zero-order valence-electron chi connectivity index (χ0n) is 18.1. The summed E-state index contributed by atoms with van der Waals surface area (Å²) >= 11 is 0. The van der Waals surface area contributed by atoms with E-state index in [-0.39, 0.29) is 18.2 Å². The number of hydrogen-bond donors (Lipinski definition) is 1. The number of methoxy groups -OCH3 is 2. The average molecular weight is 431 g/mol. The van der Waals surface area contributed by atoms with Crippen molar-refractivity contribution in [2.24, 2.45) is 0 Å². The second-order valence-corrected chi connectivity index (χ2v) is 7.56. The first-order valence-electron chi connectivity index (χ1n) is 10.4. The van der Waals surface area contributed by atoms with Crippen LogP contribution in [0.2, 0.25) is 0 Å². The molecule has 4 rings (SSSR count). The van der Waals surface area contributed by atoms with Crippen LogP contribution in [0, 0.1) is 0 Å². The minimum atomic E-state index is -0.455. The molecule has 0 spiro atoms. The molecule has 32 heavy (non-hydrogen) atoms. The molecule has 1 atom stereocenters. The fourth-order valence-electron chi connectivity index (χ4n) is 3.95. The van der Waals surface area contributed by atoms with E-state index in [1.807, 2.05) is 48.5 Å². The summed E-state index contributed by atoms with van der Waals surface area (Å²) in [6, 6.07) is 16.3. The average Bonchev–Trinajstić information content (AvgIpc) is 3.17. The summed E-state index contributed by atoms with van der Waals surface area (Å²) in [4.78, 5) is 31.9. The Kier molecular flexibility index (Phi) is 6.35. The Hall–Kier alpha value is -3.87. The Morgan fingerprint density at radius 2 is 1.91 bits per heavy atom. The van der Waals surface area contributed by atoms with E-state index in [0.29, 0.717) is 30.2 Å². The number of nitrogens with zero attached hydrogens (tertiary/aromatic N) is 2. The van der Waals surface area contributed by atoms with Crippen molar-refractivity contribution in [3.8, 4) is 11.5 Å². The molecule has 2 aromatic carbocycles. The van der Waals surface area contributed by atoms with Crippen LogP contribution in [0.25, 0.3) is 0 Å². The van der Waals surface area contributed by atoms with Crippen LogP contribution >= 0.6 is 0 Å². The molecule has 1 aliphatic rings. The fourth-order valence-corrected chi connectivity index (χ4v) is 3.95. The smallest absolute Gasteiger partial charge is 0.255 e. The van der Waals surface area contributed by atoms with E-state index in [4.69, 9.17) is 9.47 Å². The third-order valence-corrected chi connectivity index (χ3v) is 5.61. The third kappa shape index (κ3) is 4.42. The van der Waals surface area contributed by atoms with Gasteiger partial charge < -0.3 is 19.7 Å². The van der Waals surface area contributed by atoms with E-state index in [2.05, 4.69) is 10.3 Å². The maximum atomic E-state index is 13.2. The van der Waals surface area contributed by atoms with E-state index in [1.54, 1.807) is 37.6 Å². The first-order valence-corrected chi connectivity index (χ1v) is 10.4. The van der Waals surface area contributed by atoms with Gasteiger partial charge in [0.1, 0.15) is 0 Å². The lowest BCUT2D eigenvalue weighted by Gasteiger charge is -2.28. The molecule has 0 aliphatic carbocycles. The van der Waals surface area contributed by atoms with Gasteiger partial charge in [-0.1, -0.05) is 30.3 Å². The molecule has 7 nitrogen and oxygen atoms in total. The number of rotatable bonds is 8. The molecule has 0 bridgehead atoms. The topological polar surface area (TPSA) is 80.8 Å². The van der Waals surface area contributed by atoms with Crippen molar-refractivity contribution in [3.63, 3.8) is 0 Å². The van der Waals surface area contributed by atoms with E-state index < -0.39 is 6.04 Å². The van der Waals surface area contributed by atoms with Crippen molar-refractivity contribution >= 4 is 11.8 Å². The van der Waals surface area contributed by atoms with Gasteiger partial charge in [-0.3, -0.25) is 14.6 Å². The molecule has 0 saturated heterocycles. The maximum Gasteiger partial charge on any atom is 0.255 e. The highest BCUT2D eigenvalue weighted by molar-refractivity contribution is 5.98. The Bertz CT molecular complexity index is 1120. The molecular weight excluding hydrogens is 406 g/mol. The van der Waals surface area contributed by atoms with Crippen molar-refractivity contribution in [1.82, 2.24) is 15.2 Å². The monoisotopic (exact) mass is 431 g/mol. The molecule has 1 aromatic heterocycles. The molecule has 0 fully saturated rings. The number of ether oxygens (including phenoxy) is 2. The summed E-state index contributed by atoms with van der Waals surface area (Å²) in [6.45, 7) is 0.823. The molecule has 164 valence electrons. The van der Waals surface area contributed by atoms with Gasteiger partial charge in [0.05, 0.1) is 26.7 Å². The molecular formula is C25H25N3O4. The molecule has 2 heterocycles. The van der Waals surface area contributed by atoms with Crippen molar-refractivity contribution in [1.29, 1.82) is 0 Å². The Morgan fingerprint density at radius 3 is 2.62 bits per heavy atom. The molecule has 1 aliphatic heterocycles. The predicted molar refractivity (Wildman–Crippen MR) is 119 cm³/mol. The molecule has 2 amide bonds. The van der Waals surface area contributed by atoms with Crippen LogP contribution in [-0.4, -0.2) is 35.9 Å². The second-order valence-electron chi connectivity index (χ2n) is 7.56. The molecule has 1 N–H and O–H groups in total. The summed E-state index contributed by atoms with van der Waals surface area (Å²) < 4.78 is 10.8. The Labute approximate surface area is 187 Å². The predicted octanol–water partition coefficient (Wildman–Crippen LogP) is 3.50. The lowest BCUT2D eigenvalue weighted by molar-refractivity contribution is -0.122. The van der Waals surface area contributed by atoms with Gasteiger partial charge in [-0.2, -0.15) is 0 Å². The van der Waals surface area contributed by atoms with Gasteiger partial charge in [-0.25, -0.2) is 0 Å². The van der Waals surface area contributed by atoms with E-state index in [9.17, 15) is 9.59 Å². The molecule has 0 saturated carbocycles. The number of carbonyl (C=O) groups excluding carboxylic acids is 2. The Balaban J connectivity index is 1.60. The van der Waals surface area contributed by atoms with E-state index >= 15 is 0 Å². The normalized spacial score (nSPS) is 13.4. The van der Waals surface area contributed by atoms with Gasteiger partial charge in [-0.05, 0) is 41.0 Å². The largest absolute Gasteiger partial charge is 0.493 e. The second kappa shape index (κ2) is 9.51. The van der Waals surface area contributed by atoms with Crippen molar-refractivity contribution in [3.05, 3.63) is 89.2 Å². The summed E-state index contributed by atoms with van der Waals surface area (Å²) in [7, 11) is 3.13. The van der Waals surface area contributed by atoms with Crippen molar-refractivity contribution in [2.75, 3.05) is 14.2 Å². The molecule has 7 heteroatoms. The zero-order chi connectivity index (χ0) is 22.5. The number of benzene rings is 2. The minimum absolute atomic E-state index is 0.0829. The highest BCUT2D eigenvalue weighted by Crippen LogP contribution is 2.37. The van der Waals surface area contributed by atoms with Gasteiger partial charge in [0.15, 0.2) is 11.5 Å². The number of nitrogens with one attached hydrogen (secondary N) is 1. The van der Waals surface area contributed by atoms with Crippen LogP contribution in [0.15, 0.2) is 67.0 Å². The summed E-state index contributed by atoms with van der Waals surface area (Å²) in [5.41, 5.74) is 3.35. The standard InChI is InChI=1S/C25H25N3O4/c1-31-22-10-9-18(12-23(22)32-2)21(13-24(29)27-15-17-6-5-11-26-14-17)28-16-19-7-3-4-8-20(19)25(28)30/h3-12,14,21H,13,15-16H2,1-2H3,(H,27,29)/t21-/m1/s1. The lowest BCUT2D eigenvalue weighted by atomic mass is 10.0. The number of hydrogen-bond acceptors (Lipinski definition) is 5. The first-order chi connectivity index (χ1) is 15.6.